The molecule has 0 spiro atoms. The van der Waals surface area contributed by atoms with Crippen LogP contribution in [0.4, 0.5) is 11.4 Å². The lowest BCUT2D eigenvalue weighted by Crippen LogP contribution is -2.28. The lowest BCUT2D eigenvalue weighted by Gasteiger charge is -2.20. The number of hydrogen-bond donors (Lipinski definition) is 2. The number of carbonyl (C=O) groups excluding carboxylic acids is 2. The first-order chi connectivity index (χ1) is 11.1. The lowest BCUT2D eigenvalue weighted by molar-refractivity contribution is -0.119. The molecule has 1 atom stereocenters. The summed E-state index contributed by atoms with van der Waals surface area (Å²) in [5.74, 6) is -0.310. The summed E-state index contributed by atoms with van der Waals surface area (Å²) in [6.07, 6.45) is 1.47. The fourth-order valence-electron chi connectivity index (χ4n) is 2.82. The van der Waals surface area contributed by atoms with Gasteiger partial charge in [-0.25, -0.2) is 0 Å². The van der Waals surface area contributed by atoms with Gasteiger partial charge < -0.3 is 16.0 Å². The Morgan fingerprint density at radius 3 is 2.57 bits per heavy atom. The van der Waals surface area contributed by atoms with Crippen LogP contribution in [0.15, 0.2) is 54.6 Å². The molecule has 0 radical (unpaired) electrons. The number of rotatable bonds is 5. The van der Waals surface area contributed by atoms with Gasteiger partial charge in [-0.2, -0.15) is 0 Å². The monoisotopic (exact) mass is 309 g/mol. The van der Waals surface area contributed by atoms with Crippen LogP contribution in [0.1, 0.15) is 24.4 Å². The number of nitrogens with one attached hydrogen (secondary N) is 1. The van der Waals surface area contributed by atoms with Crippen molar-refractivity contribution in [3.8, 4) is 0 Å². The molecule has 1 aliphatic heterocycles. The zero-order valence-electron chi connectivity index (χ0n) is 12.7. The van der Waals surface area contributed by atoms with Crippen molar-refractivity contribution in [2.24, 2.45) is 5.73 Å². The maximum Gasteiger partial charge on any atom is 0.244 e. The van der Waals surface area contributed by atoms with Crippen LogP contribution >= 0.6 is 0 Å². The highest BCUT2D eigenvalue weighted by Crippen LogP contribution is 2.26. The molecule has 2 amide bonds. The van der Waals surface area contributed by atoms with Crippen molar-refractivity contribution in [3.05, 3.63) is 60.2 Å². The highest BCUT2D eigenvalue weighted by atomic mass is 16.2. The summed E-state index contributed by atoms with van der Waals surface area (Å²) < 4.78 is 0. The maximum absolute atomic E-state index is 11.9. The zero-order valence-corrected chi connectivity index (χ0v) is 12.7. The van der Waals surface area contributed by atoms with Crippen molar-refractivity contribution >= 4 is 23.2 Å². The molecular weight excluding hydrogens is 290 g/mol. The van der Waals surface area contributed by atoms with E-state index in [9.17, 15) is 9.59 Å². The average Bonchev–Trinajstić information content (AvgIpc) is 2.99. The number of carbonyl (C=O) groups is 2. The molecule has 1 saturated heterocycles. The van der Waals surface area contributed by atoms with Crippen LogP contribution in [-0.2, 0) is 9.59 Å². The molecule has 23 heavy (non-hydrogen) atoms. The quantitative estimate of drug-likeness (QED) is 0.891. The van der Waals surface area contributed by atoms with Gasteiger partial charge in [0, 0.05) is 24.3 Å². The Balaban J connectivity index is 1.84. The molecular formula is C18H19N3O2. The number of nitrogens with zero attached hydrogens (tertiary/aromatic N) is 1. The van der Waals surface area contributed by atoms with Crippen molar-refractivity contribution in [2.75, 3.05) is 16.8 Å². The van der Waals surface area contributed by atoms with Gasteiger partial charge in [-0.1, -0.05) is 36.4 Å². The number of hydrogen-bond acceptors (Lipinski definition) is 3. The Kier molecular flexibility index (Phi) is 4.28. The predicted molar refractivity (Wildman–Crippen MR) is 90.0 cm³/mol. The van der Waals surface area contributed by atoms with Crippen LogP contribution in [0.5, 0.6) is 0 Å². The third kappa shape index (κ3) is 3.34. The SMILES string of the molecule is NC(=O)[C@@H](Nc1cccc(N2CCCC2=O)c1)c1ccccc1. The fraction of sp³-hybridized carbons (Fsp3) is 0.222. The molecule has 0 saturated carbocycles. The minimum absolute atomic E-state index is 0.136. The minimum Gasteiger partial charge on any atom is -0.370 e. The summed E-state index contributed by atoms with van der Waals surface area (Å²) in [4.78, 5) is 25.4. The first-order valence-electron chi connectivity index (χ1n) is 7.66. The van der Waals surface area contributed by atoms with E-state index in [1.54, 1.807) is 4.90 Å². The van der Waals surface area contributed by atoms with Crippen LogP contribution < -0.4 is 16.0 Å². The van der Waals surface area contributed by atoms with Crippen molar-refractivity contribution < 1.29 is 9.59 Å². The molecule has 5 nitrogen and oxygen atoms in total. The van der Waals surface area contributed by atoms with Gasteiger partial charge in [0.2, 0.25) is 11.8 Å². The van der Waals surface area contributed by atoms with E-state index in [-0.39, 0.29) is 5.91 Å². The second-order valence-electron chi connectivity index (χ2n) is 5.59. The van der Waals surface area contributed by atoms with Crippen LogP contribution in [0.25, 0.3) is 0 Å². The van der Waals surface area contributed by atoms with E-state index in [2.05, 4.69) is 5.32 Å². The molecule has 0 bridgehead atoms. The third-order valence-electron chi connectivity index (χ3n) is 3.96. The molecule has 0 unspecified atom stereocenters. The van der Waals surface area contributed by atoms with E-state index in [0.29, 0.717) is 6.42 Å². The molecule has 3 N–H and O–H groups in total. The molecule has 1 heterocycles. The van der Waals surface area contributed by atoms with Gasteiger partial charge in [0.15, 0.2) is 0 Å². The summed E-state index contributed by atoms with van der Waals surface area (Å²) in [6.45, 7) is 0.736. The summed E-state index contributed by atoms with van der Waals surface area (Å²) in [7, 11) is 0. The summed E-state index contributed by atoms with van der Waals surface area (Å²) in [5, 5.41) is 3.16. The molecule has 2 aromatic carbocycles. The second-order valence-corrected chi connectivity index (χ2v) is 5.59. The van der Waals surface area contributed by atoms with E-state index < -0.39 is 11.9 Å². The fourth-order valence-corrected chi connectivity index (χ4v) is 2.82. The normalized spacial score (nSPS) is 15.5. The molecule has 5 heteroatoms. The van der Waals surface area contributed by atoms with Crippen LogP contribution in [-0.4, -0.2) is 18.4 Å². The van der Waals surface area contributed by atoms with Gasteiger partial charge in [-0.05, 0) is 30.2 Å². The second kappa shape index (κ2) is 6.52. The van der Waals surface area contributed by atoms with Gasteiger partial charge in [0.05, 0.1) is 0 Å². The summed E-state index contributed by atoms with van der Waals surface area (Å²) >= 11 is 0. The van der Waals surface area contributed by atoms with E-state index in [1.165, 1.54) is 0 Å². The number of benzene rings is 2. The van der Waals surface area contributed by atoms with E-state index in [1.807, 2.05) is 54.6 Å². The van der Waals surface area contributed by atoms with Gasteiger partial charge in [0.25, 0.3) is 0 Å². The van der Waals surface area contributed by atoms with Gasteiger partial charge >= 0.3 is 0 Å². The average molecular weight is 309 g/mol. The summed E-state index contributed by atoms with van der Waals surface area (Å²) in [6, 6.07) is 16.2. The lowest BCUT2D eigenvalue weighted by atomic mass is 10.1. The Hall–Kier alpha value is -2.82. The standard InChI is InChI=1S/C18H19N3O2/c19-18(23)17(13-6-2-1-3-7-13)20-14-8-4-9-15(12-14)21-11-5-10-16(21)22/h1-4,6-9,12,17,20H,5,10-11H2,(H2,19,23)/t17-/m0/s1. The number of anilines is 2. The molecule has 2 aromatic rings. The van der Waals surface area contributed by atoms with Gasteiger partial charge in [0.1, 0.15) is 6.04 Å². The van der Waals surface area contributed by atoms with E-state index in [0.717, 1.165) is 29.9 Å². The van der Waals surface area contributed by atoms with Crippen LogP contribution in [0, 0.1) is 0 Å². The number of amides is 2. The minimum atomic E-state index is -0.610. The van der Waals surface area contributed by atoms with Crippen molar-refractivity contribution in [1.82, 2.24) is 0 Å². The highest BCUT2D eigenvalue weighted by Gasteiger charge is 2.22. The molecule has 3 rings (SSSR count). The molecule has 118 valence electrons. The van der Waals surface area contributed by atoms with Crippen molar-refractivity contribution in [1.29, 1.82) is 0 Å². The van der Waals surface area contributed by atoms with E-state index in [4.69, 9.17) is 5.73 Å². The number of primary amides is 1. The Labute approximate surface area is 135 Å². The van der Waals surface area contributed by atoms with Crippen molar-refractivity contribution in [2.45, 2.75) is 18.9 Å². The smallest absolute Gasteiger partial charge is 0.244 e. The molecule has 1 fully saturated rings. The Bertz CT molecular complexity index is 715. The highest BCUT2D eigenvalue weighted by molar-refractivity contribution is 5.95. The largest absolute Gasteiger partial charge is 0.370 e. The topological polar surface area (TPSA) is 75.4 Å². The Morgan fingerprint density at radius 2 is 1.91 bits per heavy atom. The molecule has 1 aliphatic rings. The molecule has 0 aliphatic carbocycles. The Morgan fingerprint density at radius 1 is 1.13 bits per heavy atom. The van der Waals surface area contributed by atoms with Crippen molar-refractivity contribution in [3.63, 3.8) is 0 Å². The number of nitrogens with two attached hydrogens (primary N) is 1. The van der Waals surface area contributed by atoms with Gasteiger partial charge in [-0.15, -0.1) is 0 Å². The van der Waals surface area contributed by atoms with Gasteiger partial charge in [-0.3, -0.25) is 9.59 Å². The zero-order chi connectivity index (χ0) is 16.2. The first kappa shape index (κ1) is 15.1. The first-order valence-corrected chi connectivity index (χ1v) is 7.66. The molecule has 0 aromatic heterocycles. The summed E-state index contributed by atoms with van der Waals surface area (Å²) in [5.41, 5.74) is 7.94. The van der Waals surface area contributed by atoms with Crippen LogP contribution in [0.2, 0.25) is 0 Å². The maximum atomic E-state index is 11.9. The predicted octanol–water partition coefficient (Wildman–Crippen LogP) is 2.45. The third-order valence-corrected chi connectivity index (χ3v) is 3.96. The van der Waals surface area contributed by atoms with E-state index >= 15 is 0 Å². The van der Waals surface area contributed by atoms with Crippen LogP contribution in [0.3, 0.4) is 0 Å².